The number of rotatable bonds is 18. The van der Waals surface area contributed by atoms with E-state index in [2.05, 4.69) is 13.0 Å². The molecule has 4 heteroatoms. The smallest absolute Gasteiger partial charge is 0.310 e. The molecular weight excluding hydrogens is 376 g/mol. The van der Waals surface area contributed by atoms with Crippen LogP contribution >= 0.6 is 0 Å². The molecule has 0 aliphatic heterocycles. The predicted molar refractivity (Wildman–Crippen MR) is 123 cm³/mol. The minimum atomic E-state index is -0.866. The molecule has 30 heavy (non-hydrogen) atoms. The van der Waals surface area contributed by atoms with Crippen LogP contribution in [0.4, 0.5) is 0 Å². The highest BCUT2D eigenvalue weighted by atomic mass is 16.5. The van der Waals surface area contributed by atoms with Gasteiger partial charge >= 0.3 is 11.9 Å². The lowest BCUT2D eigenvalue weighted by Crippen LogP contribution is -2.33. The molecule has 2 atom stereocenters. The summed E-state index contributed by atoms with van der Waals surface area (Å²) in [6.45, 7) is 2.53. The Hall–Kier alpha value is -1.32. The highest BCUT2D eigenvalue weighted by Gasteiger charge is 2.36. The molecule has 0 bridgehead atoms. The van der Waals surface area contributed by atoms with E-state index in [1.165, 1.54) is 83.5 Å². The van der Waals surface area contributed by atoms with E-state index < -0.39 is 17.8 Å². The number of carboxylic acids is 1. The number of ether oxygens (including phenoxy) is 1. The Balaban J connectivity index is 1.90. The molecule has 174 valence electrons. The van der Waals surface area contributed by atoms with Crippen LogP contribution in [0.3, 0.4) is 0 Å². The van der Waals surface area contributed by atoms with Crippen LogP contribution in [0.1, 0.15) is 122 Å². The molecular formula is C26H46O4. The summed E-state index contributed by atoms with van der Waals surface area (Å²) in [5, 5.41) is 9.26. The Morgan fingerprint density at radius 2 is 1.27 bits per heavy atom. The number of allylic oxidation sites excluding steroid dienone is 1. The number of hydrogen-bond donors (Lipinski definition) is 1. The van der Waals surface area contributed by atoms with Crippen LogP contribution in [-0.4, -0.2) is 23.7 Å². The summed E-state index contributed by atoms with van der Waals surface area (Å²) in [4.78, 5) is 23.4. The van der Waals surface area contributed by atoms with Gasteiger partial charge in [-0.1, -0.05) is 109 Å². The third-order valence-corrected chi connectivity index (χ3v) is 6.35. The van der Waals surface area contributed by atoms with Crippen LogP contribution < -0.4 is 0 Å². The van der Waals surface area contributed by atoms with Gasteiger partial charge in [0.05, 0.1) is 11.8 Å². The summed E-state index contributed by atoms with van der Waals surface area (Å²) < 4.78 is 5.29. The maximum Gasteiger partial charge on any atom is 0.310 e. The number of unbranched alkanes of at least 4 members (excludes halogenated alkanes) is 13. The second-order valence-electron chi connectivity index (χ2n) is 8.97. The third kappa shape index (κ3) is 13.1. The van der Waals surface area contributed by atoms with Crippen LogP contribution in [0.25, 0.3) is 0 Å². The second-order valence-corrected chi connectivity index (χ2v) is 8.97. The van der Waals surface area contributed by atoms with Gasteiger partial charge in [0.2, 0.25) is 0 Å². The van der Waals surface area contributed by atoms with Crippen LogP contribution in [0.2, 0.25) is 0 Å². The number of hydrogen-bond acceptors (Lipinski definition) is 3. The zero-order valence-corrected chi connectivity index (χ0v) is 19.4. The molecule has 2 unspecified atom stereocenters. The van der Waals surface area contributed by atoms with Gasteiger partial charge in [0.15, 0.2) is 0 Å². The Labute approximate surface area is 184 Å². The first kappa shape index (κ1) is 26.7. The summed E-state index contributed by atoms with van der Waals surface area (Å²) >= 11 is 0. The second kappa shape index (κ2) is 18.4. The molecule has 1 fully saturated rings. The Morgan fingerprint density at radius 3 is 1.80 bits per heavy atom. The van der Waals surface area contributed by atoms with Gasteiger partial charge in [-0.2, -0.15) is 0 Å². The number of carbonyl (C=O) groups excluding carboxylic acids is 1. The average molecular weight is 423 g/mol. The first-order valence-corrected chi connectivity index (χ1v) is 12.7. The first-order valence-electron chi connectivity index (χ1n) is 12.7. The van der Waals surface area contributed by atoms with Gasteiger partial charge in [0.1, 0.15) is 6.61 Å². The molecule has 0 aromatic rings. The molecule has 0 spiro atoms. The fourth-order valence-corrected chi connectivity index (χ4v) is 4.41. The zero-order valence-electron chi connectivity index (χ0n) is 19.4. The molecule has 1 rings (SSSR count). The fraction of sp³-hybridized carbons (Fsp3) is 0.846. The van der Waals surface area contributed by atoms with Crippen molar-refractivity contribution in [2.75, 3.05) is 6.61 Å². The summed E-state index contributed by atoms with van der Waals surface area (Å²) in [7, 11) is 0. The molecule has 1 N–H and O–H groups in total. The van der Waals surface area contributed by atoms with E-state index >= 15 is 0 Å². The van der Waals surface area contributed by atoms with Crippen molar-refractivity contribution in [1.82, 2.24) is 0 Å². The standard InChI is InChI=1S/C26H46O4/c1-2-3-4-5-6-7-8-9-10-11-12-13-14-15-16-19-22-30-26(29)24-21-18-17-20-23(24)25(27)28/h16,19,23-24H,2-15,17-18,20-22H2,1H3,(H,27,28)/b19-16+. The molecule has 1 saturated carbocycles. The average Bonchev–Trinajstić information content (AvgIpc) is 2.75. The van der Waals surface area contributed by atoms with Crippen molar-refractivity contribution < 1.29 is 19.4 Å². The summed E-state index contributed by atoms with van der Waals surface area (Å²) in [5.74, 6) is -2.24. The fourth-order valence-electron chi connectivity index (χ4n) is 4.41. The van der Waals surface area contributed by atoms with E-state index in [4.69, 9.17) is 4.74 Å². The quantitative estimate of drug-likeness (QED) is 0.141. The number of esters is 1. The molecule has 0 aromatic heterocycles. The van der Waals surface area contributed by atoms with Crippen LogP contribution in [-0.2, 0) is 14.3 Å². The molecule has 0 amide bonds. The minimum absolute atomic E-state index is 0.264. The molecule has 4 nitrogen and oxygen atoms in total. The number of carbonyl (C=O) groups is 2. The maximum atomic E-state index is 12.2. The lowest BCUT2D eigenvalue weighted by Gasteiger charge is -2.26. The molecule has 1 aliphatic rings. The zero-order chi connectivity index (χ0) is 21.9. The van der Waals surface area contributed by atoms with Crippen molar-refractivity contribution in [3.8, 4) is 0 Å². The van der Waals surface area contributed by atoms with Crippen molar-refractivity contribution >= 4 is 11.9 Å². The van der Waals surface area contributed by atoms with E-state index in [1.54, 1.807) is 0 Å². The van der Waals surface area contributed by atoms with Crippen LogP contribution in [0, 0.1) is 11.8 Å². The van der Waals surface area contributed by atoms with Crippen molar-refractivity contribution in [3.63, 3.8) is 0 Å². The molecule has 1 aliphatic carbocycles. The number of carboxylic acid groups (broad SMARTS) is 1. The van der Waals surface area contributed by atoms with Crippen molar-refractivity contribution in [3.05, 3.63) is 12.2 Å². The lowest BCUT2D eigenvalue weighted by atomic mass is 9.79. The van der Waals surface area contributed by atoms with Gasteiger partial charge in [-0.25, -0.2) is 0 Å². The highest BCUT2D eigenvalue weighted by Crippen LogP contribution is 2.31. The van der Waals surface area contributed by atoms with Crippen molar-refractivity contribution in [2.24, 2.45) is 11.8 Å². The SMILES string of the molecule is CCCCCCCCCCCCCCC/C=C/COC(=O)C1CCCCC1C(=O)O. The summed E-state index contributed by atoms with van der Waals surface area (Å²) in [6.07, 6.45) is 25.7. The molecule has 0 heterocycles. The third-order valence-electron chi connectivity index (χ3n) is 6.35. The van der Waals surface area contributed by atoms with E-state index in [9.17, 15) is 14.7 Å². The summed E-state index contributed by atoms with van der Waals surface area (Å²) in [6, 6.07) is 0. The van der Waals surface area contributed by atoms with Gasteiger partial charge in [0.25, 0.3) is 0 Å². The normalized spacial score (nSPS) is 19.2. The largest absolute Gasteiger partial charge is 0.481 e. The Bertz CT molecular complexity index is 472. The molecule has 0 radical (unpaired) electrons. The topological polar surface area (TPSA) is 63.6 Å². The minimum Gasteiger partial charge on any atom is -0.481 e. The Kier molecular flexibility index (Phi) is 16.4. The van der Waals surface area contributed by atoms with Gasteiger partial charge in [-0.3, -0.25) is 9.59 Å². The van der Waals surface area contributed by atoms with Gasteiger partial charge in [0, 0.05) is 0 Å². The maximum absolute atomic E-state index is 12.2. The highest BCUT2D eigenvalue weighted by molar-refractivity contribution is 5.81. The molecule has 0 aromatic carbocycles. The van der Waals surface area contributed by atoms with Gasteiger partial charge in [-0.15, -0.1) is 0 Å². The van der Waals surface area contributed by atoms with Crippen LogP contribution in [0.5, 0.6) is 0 Å². The van der Waals surface area contributed by atoms with E-state index in [-0.39, 0.29) is 12.6 Å². The summed E-state index contributed by atoms with van der Waals surface area (Å²) in [5.41, 5.74) is 0. The molecule has 0 saturated heterocycles. The van der Waals surface area contributed by atoms with Crippen LogP contribution in [0.15, 0.2) is 12.2 Å². The number of aliphatic carboxylic acids is 1. The first-order chi connectivity index (χ1) is 14.7. The van der Waals surface area contributed by atoms with Gasteiger partial charge in [-0.05, 0) is 25.7 Å². The van der Waals surface area contributed by atoms with Crippen molar-refractivity contribution in [1.29, 1.82) is 0 Å². The van der Waals surface area contributed by atoms with E-state index in [0.717, 1.165) is 19.3 Å². The van der Waals surface area contributed by atoms with E-state index in [0.29, 0.717) is 12.8 Å². The van der Waals surface area contributed by atoms with E-state index in [1.807, 2.05) is 6.08 Å². The monoisotopic (exact) mass is 422 g/mol. The predicted octanol–water partition coefficient (Wildman–Crippen LogP) is 7.46. The lowest BCUT2D eigenvalue weighted by molar-refractivity contribution is -0.158. The Morgan fingerprint density at radius 1 is 0.767 bits per heavy atom. The van der Waals surface area contributed by atoms with Crippen molar-refractivity contribution in [2.45, 2.75) is 122 Å². The van der Waals surface area contributed by atoms with Gasteiger partial charge < -0.3 is 9.84 Å².